The fourth-order valence-corrected chi connectivity index (χ4v) is 6.34. The number of carbonyl (C=O) groups is 3. The van der Waals surface area contributed by atoms with Crippen molar-refractivity contribution in [3.05, 3.63) is 34.2 Å². The third kappa shape index (κ3) is 4.37. The fourth-order valence-electron chi connectivity index (χ4n) is 6.18. The lowest BCUT2D eigenvalue weighted by Gasteiger charge is -2.48. The van der Waals surface area contributed by atoms with Crippen LogP contribution >= 0.6 is 11.6 Å². The molecule has 0 spiro atoms. The van der Waals surface area contributed by atoms with Crippen LogP contribution in [0.5, 0.6) is 5.75 Å². The molecule has 178 valence electrons. The van der Waals surface area contributed by atoms with Crippen molar-refractivity contribution >= 4 is 29.4 Å². The number of esters is 1. The summed E-state index contributed by atoms with van der Waals surface area (Å²) >= 11 is 5.54. The van der Waals surface area contributed by atoms with Gasteiger partial charge in [-0.1, -0.05) is 13.0 Å². The van der Waals surface area contributed by atoms with Gasteiger partial charge in [0.05, 0.1) is 11.8 Å². The predicted octanol–water partition coefficient (Wildman–Crippen LogP) is 4.34. The first kappa shape index (κ1) is 23.7. The van der Waals surface area contributed by atoms with Crippen LogP contribution < -0.4 is 10.1 Å². The zero-order chi connectivity index (χ0) is 23.8. The zero-order valence-electron chi connectivity index (χ0n) is 19.0. The van der Waals surface area contributed by atoms with Gasteiger partial charge in [0, 0.05) is 17.7 Å². The average molecular weight is 476 g/mol. The minimum absolute atomic E-state index is 0.0469. The second kappa shape index (κ2) is 9.41. The number of halogens is 1. The van der Waals surface area contributed by atoms with Crippen molar-refractivity contribution in [3.8, 4) is 5.75 Å². The Morgan fingerprint density at radius 3 is 2.82 bits per heavy atom. The lowest BCUT2D eigenvalue weighted by atomic mass is 9.55. The van der Waals surface area contributed by atoms with E-state index in [4.69, 9.17) is 16.3 Å². The van der Waals surface area contributed by atoms with Crippen molar-refractivity contribution in [3.63, 3.8) is 0 Å². The number of amides is 2. The molecule has 1 unspecified atom stereocenters. The number of hydrogen-bond donors (Lipinski definition) is 1. The highest BCUT2D eigenvalue weighted by Gasteiger charge is 2.54. The number of Topliss-reactive ketones (excluding diaryl/α,β-unsaturated/α-hetero) is 1. The van der Waals surface area contributed by atoms with E-state index in [9.17, 15) is 19.3 Å². The summed E-state index contributed by atoms with van der Waals surface area (Å²) < 4.78 is 5.50. The van der Waals surface area contributed by atoms with E-state index in [0.717, 1.165) is 32.1 Å². The lowest BCUT2D eigenvalue weighted by Crippen LogP contribution is -2.46. The molecule has 2 fully saturated rings. The molecule has 1 aromatic rings. The van der Waals surface area contributed by atoms with E-state index in [0.29, 0.717) is 40.7 Å². The topological polar surface area (TPSA) is 105 Å². The van der Waals surface area contributed by atoms with Crippen molar-refractivity contribution < 1.29 is 19.1 Å². The number of urea groups is 1. The number of ketones is 1. The van der Waals surface area contributed by atoms with Crippen molar-refractivity contribution in [2.24, 2.45) is 22.5 Å². The SMILES string of the molecule is CC(NC(=O)N(CCCl)N=O)C(=O)Oc1ccc2c(c1)CC[C@@H]1[C@@H]2CC[C@]2(C)C(=O)CC[C@@H]12. The quantitative estimate of drug-likeness (QED) is 0.216. The van der Waals surface area contributed by atoms with Gasteiger partial charge in [-0.15, -0.1) is 16.5 Å². The molecule has 5 atom stereocenters. The number of fused-ring (bicyclic) bond motifs is 5. The molecule has 1 aromatic carbocycles. The first-order chi connectivity index (χ1) is 15.8. The van der Waals surface area contributed by atoms with Gasteiger partial charge in [-0.25, -0.2) is 9.59 Å². The van der Waals surface area contributed by atoms with Crippen LogP contribution in [0.1, 0.15) is 63.0 Å². The Hall–Kier alpha value is -2.48. The molecular weight excluding hydrogens is 446 g/mol. The number of benzene rings is 1. The van der Waals surface area contributed by atoms with E-state index in [2.05, 4.69) is 23.6 Å². The highest BCUT2D eigenvalue weighted by atomic mass is 35.5. The van der Waals surface area contributed by atoms with Crippen LogP contribution in [0.15, 0.2) is 23.5 Å². The molecule has 0 aliphatic heterocycles. The van der Waals surface area contributed by atoms with Crippen LogP contribution in [-0.4, -0.2) is 41.3 Å². The summed E-state index contributed by atoms with van der Waals surface area (Å²) in [5, 5.41) is 5.62. The zero-order valence-corrected chi connectivity index (χ0v) is 19.8. The Kier molecular flexibility index (Phi) is 6.75. The molecule has 2 saturated carbocycles. The van der Waals surface area contributed by atoms with E-state index >= 15 is 0 Å². The second-order valence-electron chi connectivity index (χ2n) is 9.68. The number of carbonyl (C=O) groups excluding carboxylic acids is 3. The average Bonchev–Trinajstić information content (AvgIpc) is 3.11. The summed E-state index contributed by atoms with van der Waals surface area (Å²) in [5.41, 5.74) is 2.35. The van der Waals surface area contributed by atoms with E-state index in [1.54, 1.807) is 6.07 Å². The Bertz CT molecular complexity index is 969. The van der Waals surface area contributed by atoms with Gasteiger partial charge in [-0.3, -0.25) is 4.79 Å². The minimum atomic E-state index is -0.964. The summed E-state index contributed by atoms with van der Waals surface area (Å²) in [6.07, 6.45) is 5.63. The number of nitrogens with one attached hydrogen (secondary N) is 1. The van der Waals surface area contributed by atoms with Crippen LogP contribution in [0.4, 0.5) is 4.79 Å². The molecule has 33 heavy (non-hydrogen) atoms. The molecule has 1 N–H and O–H groups in total. The maximum Gasteiger partial charge on any atom is 0.341 e. The second-order valence-corrected chi connectivity index (χ2v) is 10.1. The van der Waals surface area contributed by atoms with Crippen LogP contribution in [0.25, 0.3) is 0 Å². The number of nitroso groups, excluding NO2 is 1. The third-order valence-corrected chi connectivity index (χ3v) is 8.12. The smallest absolute Gasteiger partial charge is 0.341 e. The Balaban J connectivity index is 1.41. The normalized spacial score (nSPS) is 28.7. The number of nitrogens with zero attached hydrogens (tertiary/aromatic N) is 2. The standard InChI is InChI=1S/C24H30ClN3O5/c1-14(26-23(31)28(27-32)12-11-25)22(30)33-16-4-6-17-15(13-16)3-5-19-18(17)9-10-24(2)20(19)7-8-21(24)29/h4,6,13-14,18-20H,3,5,7-12H2,1-2H3,(H,26,31)/t14?,18-,19-,20+,24+/m1/s1. The monoisotopic (exact) mass is 475 g/mol. The highest BCUT2D eigenvalue weighted by Crippen LogP contribution is 2.59. The molecule has 8 nitrogen and oxygen atoms in total. The predicted molar refractivity (Wildman–Crippen MR) is 123 cm³/mol. The first-order valence-corrected chi connectivity index (χ1v) is 12.2. The molecule has 0 aromatic heterocycles. The van der Waals surface area contributed by atoms with Gasteiger partial charge < -0.3 is 10.1 Å². The van der Waals surface area contributed by atoms with E-state index < -0.39 is 18.0 Å². The molecule has 0 saturated heterocycles. The Labute approximate surface area is 198 Å². The summed E-state index contributed by atoms with van der Waals surface area (Å²) in [6.45, 7) is 3.59. The van der Waals surface area contributed by atoms with Gasteiger partial charge in [0.2, 0.25) is 0 Å². The number of hydrogen-bond acceptors (Lipinski definition) is 6. The van der Waals surface area contributed by atoms with E-state index in [1.165, 1.54) is 18.1 Å². The molecule has 3 aliphatic carbocycles. The van der Waals surface area contributed by atoms with Gasteiger partial charge in [0.25, 0.3) is 0 Å². The molecule has 0 radical (unpaired) electrons. The van der Waals surface area contributed by atoms with Crippen LogP contribution in [0.2, 0.25) is 0 Å². The van der Waals surface area contributed by atoms with Gasteiger partial charge in [-0.2, -0.15) is 5.01 Å². The number of aryl methyl sites for hydroxylation is 1. The van der Waals surface area contributed by atoms with Crippen molar-refractivity contribution in [2.45, 2.75) is 64.3 Å². The molecule has 2 amide bonds. The highest BCUT2D eigenvalue weighted by molar-refractivity contribution is 6.18. The lowest BCUT2D eigenvalue weighted by molar-refractivity contribution is -0.136. The van der Waals surface area contributed by atoms with Gasteiger partial charge >= 0.3 is 12.0 Å². The van der Waals surface area contributed by atoms with Crippen LogP contribution in [0.3, 0.4) is 0 Å². The summed E-state index contributed by atoms with van der Waals surface area (Å²) in [6, 6.07) is 4.00. The molecule has 3 aliphatic rings. The van der Waals surface area contributed by atoms with E-state index in [-0.39, 0.29) is 17.8 Å². The molecular formula is C24H30ClN3O5. The maximum atomic E-state index is 12.5. The van der Waals surface area contributed by atoms with Crippen molar-refractivity contribution in [1.29, 1.82) is 0 Å². The molecule has 0 heterocycles. The van der Waals surface area contributed by atoms with Gasteiger partial charge in [-0.05, 0) is 80.0 Å². The van der Waals surface area contributed by atoms with Crippen molar-refractivity contribution in [1.82, 2.24) is 10.3 Å². The third-order valence-electron chi connectivity index (χ3n) is 7.95. The molecule has 4 rings (SSSR count). The van der Waals surface area contributed by atoms with Gasteiger partial charge in [0.1, 0.15) is 17.6 Å². The minimum Gasteiger partial charge on any atom is -0.425 e. The Morgan fingerprint density at radius 1 is 1.30 bits per heavy atom. The van der Waals surface area contributed by atoms with E-state index in [1.807, 2.05) is 6.07 Å². The first-order valence-electron chi connectivity index (χ1n) is 11.6. The largest absolute Gasteiger partial charge is 0.425 e. The van der Waals surface area contributed by atoms with Gasteiger partial charge in [0.15, 0.2) is 0 Å². The van der Waals surface area contributed by atoms with Crippen LogP contribution in [0, 0.1) is 22.2 Å². The number of ether oxygens (including phenoxy) is 1. The summed E-state index contributed by atoms with van der Waals surface area (Å²) in [4.78, 5) is 47.7. The Morgan fingerprint density at radius 2 is 2.09 bits per heavy atom. The molecule has 9 heteroatoms. The van der Waals surface area contributed by atoms with Crippen molar-refractivity contribution in [2.75, 3.05) is 12.4 Å². The molecule has 0 bridgehead atoms. The maximum absolute atomic E-state index is 12.5. The van der Waals surface area contributed by atoms with Crippen LogP contribution in [-0.2, 0) is 16.0 Å². The fraction of sp³-hybridized carbons (Fsp3) is 0.625. The number of rotatable bonds is 6. The summed E-state index contributed by atoms with van der Waals surface area (Å²) in [7, 11) is 0. The number of alkyl halides is 1. The summed E-state index contributed by atoms with van der Waals surface area (Å²) in [5.74, 6) is 1.74.